The van der Waals surface area contributed by atoms with Crippen molar-refractivity contribution in [2.75, 3.05) is 38.3 Å². The number of nitrogens with zero attached hydrogens (tertiary/aromatic N) is 3. The monoisotopic (exact) mass is 242 g/mol. The van der Waals surface area contributed by atoms with Crippen LogP contribution in [0, 0.1) is 5.92 Å². The third-order valence-corrected chi connectivity index (χ3v) is 2.24. The lowest BCUT2D eigenvalue weighted by Crippen LogP contribution is -2.31. The van der Waals surface area contributed by atoms with Gasteiger partial charge < -0.3 is 19.8 Å². The second kappa shape index (κ2) is 7.24. The first-order valence-corrected chi connectivity index (χ1v) is 5.93. The van der Waals surface area contributed by atoms with Crippen molar-refractivity contribution in [2.24, 2.45) is 11.7 Å². The van der Waals surface area contributed by atoms with Crippen LogP contribution in [0.5, 0.6) is 0 Å². The summed E-state index contributed by atoms with van der Waals surface area (Å²) < 4.78 is 10.6. The fourth-order valence-electron chi connectivity index (χ4n) is 1.50. The van der Waals surface area contributed by atoms with Gasteiger partial charge in [-0.15, -0.1) is 5.10 Å². The quantitative estimate of drug-likeness (QED) is 0.722. The molecule has 17 heavy (non-hydrogen) atoms. The van der Waals surface area contributed by atoms with Crippen molar-refractivity contribution in [1.82, 2.24) is 10.2 Å². The van der Waals surface area contributed by atoms with Gasteiger partial charge in [0.15, 0.2) is 0 Å². The highest BCUT2D eigenvalue weighted by atomic mass is 16.5. The molecule has 0 aromatic carbocycles. The van der Waals surface area contributed by atoms with Crippen molar-refractivity contribution in [3.8, 4) is 0 Å². The van der Waals surface area contributed by atoms with Gasteiger partial charge in [-0.05, 0) is 5.92 Å². The molecule has 6 heteroatoms. The Morgan fingerprint density at radius 3 is 2.76 bits per heavy atom. The molecule has 0 aliphatic carbocycles. The summed E-state index contributed by atoms with van der Waals surface area (Å²) in [6, 6.07) is 0.555. The minimum absolute atomic E-state index is 0.518. The molecule has 0 amide bonds. The van der Waals surface area contributed by atoms with Crippen molar-refractivity contribution in [3.05, 3.63) is 5.89 Å². The van der Waals surface area contributed by atoms with E-state index in [1.165, 1.54) is 0 Å². The molecule has 0 saturated heterocycles. The predicted octanol–water partition coefficient (Wildman–Crippen LogP) is 0.680. The average molecular weight is 242 g/mol. The van der Waals surface area contributed by atoms with Gasteiger partial charge in [-0.1, -0.05) is 18.9 Å². The van der Waals surface area contributed by atoms with E-state index in [0.717, 1.165) is 13.1 Å². The molecule has 98 valence electrons. The van der Waals surface area contributed by atoms with Gasteiger partial charge in [0.1, 0.15) is 0 Å². The fraction of sp³-hybridized carbons (Fsp3) is 0.818. The predicted molar refractivity (Wildman–Crippen MR) is 66.0 cm³/mol. The first-order chi connectivity index (χ1) is 8.17. The van der Waals surface area contributed by atoms with Gasteiger partial charge in [-0.2, -0.15) is 0 Å². The second-order valence-corrected chi connectivity index (χ2v) is 4.35. The third-order valence-electron chi connectivity index (χ3n) is 2.24. The Kier molecular flexibility index (Phi) is 5.93. The van der Waals surface area contributed by atoms with Gasteiger partial charge in [-0.25, -0.2) is 0 Å². The molecule has 0 aliphatic rings. The molecule has 0 fully saturated rings. The van der Waals surface area contributed by atoms with E-state index in [2.05, 4.69) is 24.0 Å². The molecule has 0 atom stereocenters. The van der Waals surface area contributed by atoms with E-state index < -0.39 is 0 Å². The van der Waals surface area contributed by atoms with Gasteiger partial charge in [0, 0.05) is 33.2 Å². The van der Waals surface area contributed by atoms with Gasteiger partial charge in [-0.3, -0.25) is 0 Å². The molecule has 0 radical (unpaired) electrons. The number of nitrogens with two attached hydrogens (primary N) is 1. The third kappa shape index (κ3) is 4.70. The SMILES string of the molecule is COCCN(CC(C)C)c1nnc(CCN)o1. The van der Waals surface area contributed by atoms with Crippen LogP contribution in [-0.4, -0.2) is 43.5 Å². The molecule has 0 spiro atoms. The lowest BCUT2D eigenvalue weighted by atomic mass is 10.2. The number of methoxy groups -OCH3 is 1. The van der Waals surface area contributed by atoms with Gasteiger partial charge in [0.05, 0.1) is 6.61 Å². The van der Waals surface area contributed by atoms with Crippen LogP contribution in [0.1, 0.15) is 19.7 Å². The Bertz CT molecular complexity index is 314. The molecule has 0 aliphatic heterocycles. The summed E-state index contributed by atoms with van der Waals surface area (Å²) in [5.41, 5.74) is 5.45. The number of aromatic nitrogens is 2. The molecular weight excluding hydrogens is 220 g/mol. The van der Waals surface area contributed by atoms with Gasteiger partial charge in [0.25, 0.3) is 0 Å². The van der Waals surface area contributed by atoms with E-state index >= 15 is 0 Å². The highest BCUT2D eigenvalue weighted by Gasteiger charge is 2.15. The van der Waals surface area contributed by atoms with Crippen LogP contribution in [0.25, 0.3) is 0 Å². The first kappa shape index (κ1) is 13.9. The number of hydrogen-bond acceptors (Lipinski definition) is 6. The Morgan fingerprint density at radius 2 is 2.18 bits per heavy atom. The van der Waals surface area contributed by atoms with Crippen LogP contribution in [0.15, 0.2) is 4.42 Å². The Hall–Kier alpha value is -1.14. The largest absolute Gasteiger partial charge is 0.408 e. The van der Waals surface area contributed by atoms with Crippen LogP contribution in [0.2, 0.25) is 0 Å². The average Bonchev–Trinajstić information content (AvgIpc) is 2.73. The van der Waals surface area contributed by atoms with Crippen molar-refractivity contribution in [3.63, 3.8) is 0 Å². The highest BCUT2D eigenvalue weighted by molar-refractivity contribution is 5.23. The molecule has 2 N–H and O–H groups in total. The summed E-state index contributed by atoms with van der Waals surface area (Å²) in [4.78, 5) is 2.04. The van der Waals surface area contributed by atoms with Crippen LogP contribution >= 0.6 is 0 Å². The minimum atomic E-state index is 0.518. The zero-order valence-corrected chi connectivity index (χ0v) is 10.8. The Balaban J connectivity index is 2.65. The van der Waals surface area contributed by atoms with Crippen molar-refractivity contribution in [2.45, 2.75) is 20.3 Å². The van der Waals surface area contributed by atoms with E-state index in [1.807, 2.05) is 4.90 Å². The van der Waals surface area contributed by atoms with Gasteiger partial charge >= 0.3 is 6.01 Å². The van der Waals surface area contributed by atoms with Gasteiger partial charge in [0.2, 0.25) is 5.89 Å². The fourth-order valence-corrected chi connectivity index (χ4v) is 1.50. The summed E-state index contributed by atoms with van der Waals surface area (Å²) >= 11 is 0. The molecule has 0 unspecified atom stereocenters. The molecule has 1 rings (SSSR count). The summed E-state index contributed by atoms with van der Waals surface area (Å²) in [7, 11) is 1.68. The maximum Gasteiger partial charge on any atom is 0.318 e. The van der Waals surface area contributed by atoms with E-state index in [1.54, 1.807) is 7.11 Å². The van der Waals surface area contributed by atoms with Crippen LogP contribution in [-0.2, 0) is 11.2 Å². The number of anilines is 1. The lowest BCUT2D eigenvalue weighted by Gasteiger charge is -2.21. The molecule has 1 aromatic rings. The van der Waals surface area contributed by atoms with Crippen molar-refractivity contribution in [1.29, 1.82) is 0 Å². The number of ether oxygens (including phenoxy) is 1. The summed E-state index contributed by atoms with van der Waals surface area (Å²) in [6.07, 6.45) is 0.618. The summed E-state index contributed by atoms with van der Waals surface area (Å²) in [6.45, 7) is 7.08. The standard InChI is InChI=1S/C11H22N4O2/c1-9(2)8-15(6-7-16-3)11-14-13-10(17-11)4-5-12/h9H,4-8,12H2,1-3H3. The molecule has 1 aromatic heterocycles. The molecule has 1 heterocycles. The lowest BCUT2D eigenvalue weighted by molar-refractivity contribution is 0.203. The minimum Gasteiger partial charge on any atom is -0.408 e. The topological polar surface area (TPSA) is 77.4 Å². The van der Waals surface area contributed by atoms with Crippen molar-refractivity contribution < 1.29 is 9.15 Å². The van der Waals surface area contributed by atoms with Crippen molar-refractivity contribution >= 4 is 6.01 Å². The summed E-state index contributed by atoms with van der Waals surface area (Å²) in [5, 5.41) is 8.00. The Labute approximate surface area is 102 Å². The maximum absolute atomic E-state index is 5.55. The van der Waals surface area contributed by atoms with E-state index in [0.29, 0.717) is 37.4 Å². The second-order valence-electron chi connectivity index (χ2n) is 4.35. The van der Waals surface area contributed by atoms with Crippen LogP contribution in [0.3, 0.4) is 0 Å². The maximum atomic E-state index is 5.55. The smallest absolute Gasteiger partial charge is 0.318 e. The number of hydrogen-bond donors (Lipinski definition) is 1. The van der Waals surface area contributed by atoms with E-state index in [-0.39, 0.29) is 0 Å². The van der Waals surface area contributed by atoms with E-state index in [4.69, 9.17) is 14.9 Å². The number of rotatable bonds is 8. The van der Waals surface area contributed by atoms with Crippen LogP contribution in [0.4, 0.5) is 6.01 Å². The zero-order chi connectivity index (χ0) is 12.7. The van der Waals surface area contributed by atoms with Crippen LogP contribution < -0.4 is 10.6 Å². The normalized spacial score (nSPS) is 11.1. The van der Waals surface area contributed by atoms with E-state index in [9.17, 15) is 0 Å². The molecule has 0 saturated carbocycles. The molecular formula is C11H22N4O2. The molecule has 0 bridgehead atoms. The highest BCUT2D eigenvalue weighted by Crippen LogP contribution is 2.14. The molecule has 6 nitrogen and oxygen atoms in total. The zero-order valence-electron chi connectivity index (χ0n) is 10.8. The first-order valence-electron chi connectivity index (χ1n) is 5.93. The Morgan fingerprint density at radius 1 is 1.41 bits per heavy atom. The summed E-state index contributed by atoms with van der Waals surface area (Å²) in [5.74, 6) is 1.12.